The Kier molecular flexibility index (Phi) is 6.97. The number of benzene rings is 2. The smallest absolute Gasteiger partial charge is 0.387 e. The van der Waals surface area contributed by atoms with Crippen molar-refractivity contribution in [3.63, 3.8) is 0 Å². The van der Waals surface area contributed by atoms with Crippen molar-refractivity contribution in [1.29, 1.82) is 0 Å². The van der Waals surface area contributed by atoms with Crippen molar-refractivity contribution in [2.75, 3.05) is 13.6 Å². The van der Waals surface area contributed by atoms with Gasteiger partial charge in [-0.05, 0) is 30.8 Å². The highest BCUT2D eigenvalue weighted by molar-refractivity contribution is 5.77. The molecule has 0 spiro atoms. The monoisotopic (exact) mass is 370 g/mol. The summed E-state index contributed by atoms with van der Waals surface area (Å²) >= 11 is 0. The molecule has 0 radical (unpaired) electrons. The lowest BCUT2D eigenvalue weighted by Gasteiger charge is -2.17. The van der Waals surface area contributed by atoms with Crippen LogP contribution in [0.4, 0.5) is 17.6 Å². The number of hydrogen-bond acceptors (Lipinski definition) is 3. The van der Waals surface area contributed by atoms with Crippen LogP contribution in [0.5, 0.6) is 5.75 Å². The first-order valence-electron chi connectivity index (χ1n) is 7.76. The summed E-state index contributed by atoms with van der Waals surface area (Å²) in [6.45, 7) is -2.50. The summed E-state index contributed by atoms with van der Waals surface area (Å²) < 4.78 is 54.9. The molecule has 0 aliphatic rings. The Morgan fingerprint density at radius 2 is 1.85 bits per heavy atom. The maximum Gasteiger partial charge on any atom is 0.387 e. The molecule has 0 heterocycles. The van der Waals surface area contributed by atoms with Crippen LogP contribution in [-0.4, -0.2) is 31.0 Å². The largest absolute Gasteiger partial charge is 0.435 e. The number of nitrogens with one attached hydrogen (secondary N) is 1. The van der Waals surface area contributed by atoms with Crippen molar-refractivity contribution in [3.8, 4) is 5.75 Å². The summed E-state index contributed by atoms with van der Waals surface area (Å²) in [5.41, 5.74) is 1.00. The van der Waals surface area contributed by atoms with E-state index in [9.17, 15) is 22.4 Å². The highest BCUT2D eigenvalue weighted by Crippen LogP contribution is 2.15. The van der Waals surface area contributed by atoms with Gasteiger partial charge in [-0.25, -0.2) is 8.78 Å². The van der Waals surface area contributed by atoms with Crippen molar-refractivity contribution in [2.24, 2.45) is 0 Å². The molecule has 2 rings (SSSR count). The molecular formula is C18H18F4N2O2. The molecule has 0 fully saturated rings. The van der Waals surface area contributed by atoms with E-state index in [1.54, 1.807) is 24.1 Å². The van der Waals surface area contributed by atoms with Crippen molar-refractivity contribution >= 4 is 5.91 Å². The lowest BCUT2D eigenvalue weighted by molar-refractivity contribution is -0.122. The van der Waals surface area contributed by atoms with Gasteiger partial charge < -0.3 is 10.1 Å². The second-order valence-corrected chi connectivity index (χ2v) is 5.71. The van der Waals surface area contributed by atoms with E-state index in [0.717, 1.165) is 12.1 Å². The van der Waals surface area contributed by atoms with Crippen LogP contribution >= 0.6 is 0 Å². The highest BCUT2D eigenvalue weighted by atomic mass is 19.3. The van der Waals surface area contributed by atoms with Gasteiger partial charge in [-0.2, -0.15) is 8.78 Å². The minimum Gasteiger partial charge on any atom is -0.435 e. The van der Waals surface area contributed by atoms with Gasteiger partial charge in [-0.3, -0.25) is 9.69 Å². The van der Waals surface area contributed by atoms with Crippen LogP contribution in [0.3, 0.4) is 0 Å². The zero-order valence-electron chi connectivity index (χ0n) is 14.0. The second kappa shape index (κ2) is 9.19. The topological polar surface area (TPSA) is 41.6 Å². The Labute approximate surface area is 148 Å². The van der Waals surface area contributed by atoms with Gasteiger partial charge in [0.05, 0.1) is 6.54 Å². The summed E-state index contributed by atoms with van der Waals surface area (Å²) in [7, 11) is 1.64. The lowest BCUT2D eigenvalue weighted by Crippen LogP contribution is -2.34. The van der Waals surface area contributed by atoms with Crippen LogP contribution < -0.4 is 10.1 Å². The van der Waals surface area contributed by atoms with Crippen LogP contribution in [-0.2, 0) is 17.9 Å². The summed E-state index contributed by atoms with van der Waals surface area (Å²) in [5.74, 6) is -1.57. The van der Waals surface area contributed by atoms with E-state index in [-0.39, 0.29) is 36.9 Å². The van der Waals surface area contributed by atoms with Gasteiger partial charge >= 0.3 is 6.61 Å². The first-order chi connectivity index (χ1) is 12.3. The first-order valence-corrected chi connectivity index (χ1v) is 7.76. The summed E-state index contributed by atoms with van der Waals surface area (Å²) in [6.07, 6.45) is 0. The zero-order valence-corrected chi connectivity index (χ0v) is 14.0. The Morgan fingerprint density at radius 3 is 2.46 bits per heavy atom. The fourth-order valence-electron chi connectivity index (χ4n) is 2.29. The fourth-order valence-corrected chi connectivity index (χ4v) is 2.29. The Balaban J connectivity index is 1.79. The fraction of sp³-hybridized carbons (Fsp3) is 0.278. The number of halogens is 4. The van der Waals surface area contributed by atoms with Crippen molar-refractivity contribution < 1.29 is 27.1 Å². The molecule has 0 aromatic heterocycles. The van der Waals surface area contributed by atoms with E-state index in [2.05, 4.69) is 10.1 Å². The van der Waals surface area contributed by atoms with Crippen LogP contribution in [0.25, 0.3) is 0 Å². The Bertz CT molecular complexity index is 738. The maximum atomic E-state index is 13.6. The Hall–Kier alpha value is -2.61. The second-order valence-electron chi connectivity index (χ2n) is 5.71. The van der Waals surface area contributed by atoms with E-state index < -0.39 is 18.2 Å². The van der Waals surface area contributed by atoms with E-state index in [1.807, 2.05) is 0 Å². The van der Waals surface area contributed by atoms with Gasteiger partial charge in [0.15, 0.2) is 0 Å². The molecule has 0 unspecified atom stereocenters. The molecule has 26 heavy (non-hydrogen) atoms. The van der Waals surface area contributed by atoms with E-state index in [0.29, 0.717) is 5.56 Å². The molecule has 0 atom stereocenters. The predicted molar refractivity (Wildman–Crippen MR) is 87.6 cm³/mol. The van der Waals surface area contributed by atoms with Crippen LogP contribution in [0.2, 0.25) is 0 Å². The third kappa shape index (κ3) is 6.36. The van der Waals surface area contributed by atoms with Crippen LogP contribution in [0.15, 0.2) is 42.5 Å². The number of hydrogen-bond donors (Lipinski definition) is 1. The number of carbonyl (C=O) groups is 1. The number of carbonyl (C=O) groups excluding carboxylic acids is 1. The van der Waals surface area contributed by atoms with Gasteiger partial charge in [0.25, 0.3) is 0 Å². The van der Waals surface area contributed by atoms with Crippen molar-refractivity contribution in [2.45, 2.75) is 19.7 Å². The molecule has 0 aliphatic heterocycles. The SMILES string of the molecule is CN(CC(=O)NCc1ccc(OC(F)F)cc1)Cc1ccc(F)cc1F. The minimum absolute atomic E-state index is 0.0173. The average Bonchev–Trinajstić information content (AvgIpc) is 2.56. The van der Waals surface area contributed by atoms with Gasteiger partial charge in [-0.15, -0.1) is 0 Å². The number of ether oxygens (including phenoxy) is 1. The summed E-state index contributed by atoms with van der Waals surface area (Å²) in [4.78, 5) is 13.5. The predicted octanol–water partition coefficient (Wildman–Crippen LogP) is 3.31. The van der Waals surface area contributed by atoms with Gasteiger partial charge in [0, 0.05) is 24.7 Å². The number of nitrogens with zero attached hydrogens (tertiary/aromatic N) is 1. The number of amides is 1. The molecule has 8 heteroatoms. The normalized spacial score (nSPS) is 11.0. The summed E-state index contributed by atoms with van der Waals surface area (Å²) in [6, 6.07) is 9.19. The first kappa shape index (κ1) is 19.7. The molecule has 2 aromatic rings. The minimum atomic E-state index is -2.89. The van der Waals surface area contributed by atoms with Gasteiger partial charge in [0.1, 0.15) is 17.4 Å². The molecule has 0 aliphatic carbocycles. The summed E-state index contributed by atoms with van der Waals surface area (Å²) in [5, 5.41) is 2.68. The van der Waals surface area contributed by atoms with E-state index >= 15 is 0 Å². The molecule has 1 N–H and O–H groups in total. The quantitative estimate of drug-likeness (QED) is 0.725. The highest BCUT2D eigenvalue weighted by Gasteiger charge is 2.11. The van der Waals surface area contributed by atoms with Crippen molar-refractivity contribution in [1.82, 2.24) is 10.2 Å². The third-order valence-electron chi connectivity index (χ3n) is 3.51. The molecule has 0 bridgehead atoms. The molecule has 140 valence electrons. The number of rotatable bonds is 8. The van der Waals surface area contributed by atoms with Crippen LogP contribution in [0, 0.1) is 11.6 Å². The molecule has 0 saturated carbocycles. The van der Waals surface area contributed by atoms with Gasteiger partial charge in [-0.1, -0.05) is 18.2 Å². The third-order valence-corrected chi connectivity index (χ3v) is 3.51. The zero-order chi connectivity index (χ0) is 19.1. The molecule has 4 nitrogen and oxygen atoms in total. The van der Waals surface area contributed by atoms with Crippen LogP contribution in [0.1, 0.15) is 11.1 Å². The number of likely N-dealkylation sites (N-methyl/N-ethyl adjacent to an activating group) is 1. The number of alkyl halides is 2. The average molecular weight is 370 g/mol. The van der Waals surface area contributed by atoms with E-state index in [4.69, 9.17) is 0 Å². The van der Waals surface area contributed by atoms with Gasteiger partial charge in [0.2, 0.25) is 5.91 Å². The maximum absolute atomic E-state index is 13.6. The van der Waals surface area contributed by atoms with E-state index in [1.165, 1.54) is 18.2 Å². The van der Waals surface area contributed by atoms with Crippen molar-refractivity contribution in [3.05, 3.63) is 65.2 Å². The Morgan fingerprint density at radius 1 is 1.15 bits per heavy atom. The molecule has 2 aromatic carbocycles. The molecule has 1 amide bonds. The molecule has 0 saturated heterocycles. The lowest BCUT2D eigenvalue weighted by atomic mass is 10.2. The molecular weight excluding hydrogens is 352 g/mol. The standard InChI is InChI=1S/C18H18F4N2O2/c1-24(10-13-4-5-14(19)8-16(13)20)11-17(25)23-9-12-2-6-15(7-3-12)26-18(21)22/h2-8,18H,9-11H2,1H3,(H,23,25).